The van der Waals surface area contributed by atoms with E-state index < -0.39 is 0 Å². The molecule has 0 aliphatic heterocycles. The van der Waals surface area contributed by atoms with Crippen LogP contribution in [0.15, 0.2) is 109 Å². The Labute approximate surface area is 195 Å². The molecule has 34 heavy (non-hydrogen) atoms. The highest BCUT2D eigenvalue weighted by molar-refractivity contribution is 6.03. The fraction of sp³-hybridized carbons (Fsp3) is 0. The standard InChI is InChI=1S/C30H18N4/c1-3-11-21-19(7-1)9-5-13-23(21)27-17-31-25-15-16-26-30(29(25)33-27)34-28(18-32-26)24-14-6-10-20-8-2-4-12-22(20)24/h1-18H. The lowest BCUT2D eigenvalue weighted by molar-refractivity contribution is 1.27. The number of benzene rings is 5. The minimum Gasteiger partial charge on any atom is -0.252 e. The van der Waals surface area contributed by atoms with Gasteiger partial charge in [0, 0.05) is 11.1 Å². The topological polar surface area (TPSA) is 51.6 Å². The summed E-state index contributed by atoms with van der Waals surface area (Å²) in [7, 11) is 0. The van der Waals surface area contributed by atoms with Gasteiger partial charge in [0.25, 0.3) is 0 Å². The van der Waals surface area contributed by atoms with Crippen LogP contribution in [0.2, 0.25) is 0 Å². The Morgan fingerprint density at radius 3 is 1.35 bits per heavy atom. The summed E-state index contributed by atoms with van der Waals surface area (Å²) in [5.41, 5.74) is 6.91. The van der Waals surface area contributed by atoms with E-state index in [-0.39, 0.29) is 0 Å². The molecule has 4 heteroatoms. The molecule has 7 rings (SSSR count). The Balaban J connectivity index is 1.49. The van der Waals surface area contributed by atoms with Crippen LogP contribution in [0.3, 0.4) is 0 Å². The van der Waals surface area contributed by atoms with Crippen LogP contribution in [-0.2, 0) is 0 Å². The van der Waals surface area contributed by atoms with Crippen LogP contribution in [0, 0.1) is 0 Å². The van der Waals surface area contributed by atoms with Crippen molar-refractivity contribution in [2.24, 2.45) is 0 Å². The molecule has 4 nitrogen and oxygen atoms in total. The maximum atomic E-state index is 5.06. The van der Waals surface area contributed by atoms with E-state index in [1.54, 1.807) is 0 Å². The fourth-order valence-electron chi connectivity index (χ4n) is 4.70. The highest BCUT2D eigenvalue weighted by atomic mass is 14.9. The molecule has 0 bridgehead atoms. The van der Waals surface area contributed by atoms with Crippen molar-refractivity contribution < 1.29 is 0 Å². The normalized spacial score (nSPS) is 11.5. The van der Waals surface area contributed by atoms with Crippen molar-refractivity contribution in [3.63, 3.8) is 0 Å². The lowest BCUT2D eigenvalue weighted by Gasteiger charge is -2.10. The fourth-order valence-corrected chi connectivity index (χ4v) is 4.70. The average Bonchev–Trinajstić information content (AvgIpc) is 2.92. The molecule has 0 N–H and O–H groups in total. The van der Waals surface area contributed by atoms with Crippen molar-refractivity contribution in [3.05, 3.63) is 109 Å². The SMILES string of the molecule is c1ccc2c(-c3cnc4ccc5ncc(-c6cccc7ccccc67)nc5c4n3)cccc2c1. The molecule has 5 aromatic carbocycles. The number of hydrogen-bond donors (Lipinski definition) is 0. The first-order valence-corrected chi connectivity index (χ1v) is 11.2. The number of rotatable bonds is 2. The molecule has 0 unspecified atom stereocenters. The number of aromatic nitrogens is 4. The molecule has 0 atom stereocenters. The van der Waals surface area contributed by atoms with Gasteiger partial charge in [0.2, 0.25) is 0 Å². The molecule has 2 aromatic heterocycles. The van der Waals surface area contributed by atoms with E-state index in [9.17, 15) is 0 Å². The molecule has 0 aliphatic rings. The molecule has 0 radical (unpaired) electrons. The summed E-state index contributed by atoms with van der Waals surface area (Å²) in [5, 5.41) is 4.67. The lowest BCUT2D eigenvalue weighted by Crippen LogP contribution is -1.95. The molecule has 158 valence electrons. The third-order valence-electron chi connectivity index (χ3n) is 6.36. The van der Waals surface area contributed by atoms with Crippen molar-refractivity contribution in [2.45, 2.75) is 0 Å². The van der Waals surface area contributed by atoms with Gasteiger partial charge in [-0.1, -0.05) is 84.9 Å². The zero-order valence-corrected chi connectivity index (χ0v) is 18.2. The summed E-state index contributed by atoms with van der Waals surface area (Å²) >= 11 is 0. The van der Waals surface area contributed by atoms with Crippen LogP contribution in [-0.4, -0.2) is 19.9 Å². The van der Waals surface area contributed by atoms with Gasteiger partial charge in [-0.05, 0) is 33.7 Å². The van der Waals surface area contributed by atoms with Crippen LogP contribution in [0.5, 0.6) is 0 Å². The molecule has 0 saturated carbocycles. The third-order valence-corrected chi connectivity index (χ3v) is 6.36. The van der Waals surface area contributed by atoms with Gasteiger partial charge in [0.05, 0.1) is 34.8 Å². The van der Waals surface area contributed by atoms with E-state index in [0.717, 1.165) is 55.4 Å². The Hall–Kier alpha value is -4.70. The van der Waals surface area contributed by atoms with Gasteiger partial charge in [-0.15, -0.1) is 0 Å². The summed E-state index contributed by atoms with van der Waals surface area (Å²) < 4.78 is 0. The first kappa shape index (κ1) is 18.8. The number of fused-ring (bicyclic) bond motifs is 5. The molecule has 2 heterocycles. The average molecular weight is 435 g/mol. The van der Waals surface area contributed by atoms with Crippen LogP contribution in [0.1, 0.15) is 0 Å². The van der Waals surface area contributed by atoms with E-state index in [4.69, 9.17) is 19.9 Å². The van der Waals surface area contributed by atoms with Gasteiger partial charge in [0.15, 0.2) is 0 Å². The van der Waals surface area contributed by atoms with Crippen molar-refractivity contribution in [1.29, 1.82) is 0 Å². The van der Waals surface area contributed by atoms with Gasteiger partial charge in [-0.2, -0.15) is 0 Å². The molecule has 0 fully saturated rings. The van der Waals surface area contributed by atoms with E-state index in [1.165, 1.54) is 10.8 Å². The zero-order chi connectivity index (χ0) is 22.5. The molecule has 0 saturated heterocycles. The molecule has 0 aliphatic carbocycles. The molecule has 7 aromatic rings. The Kier molecular flexibility index (Phi) is 4.11. The van der Waals surface area contributed by atoms with E-state index in [2.05, 4.69) is 84.9 Å². The Bertz CT molecular complexity index is 1730. The van der Waals surface area contributed by atoms with Crippen LogP contribution >= 0.6 is 0 Å². The van der Waals surface area contributed by atoms with Crippen molar-refractivity contribution in [3.8, 4) is 22.5 Å². The van der Waals surface area contributed by atoms with Gasteiger partial charge >= 0.3 is 0 Å². The molecule has 0 spiro atoms. The van der Waals surface area contributed by atoms with Crippen LogP contribution < -0.4 is 0 Å². The third kappa shape index (κ3) is 2.93. The maximum absolute atomic E-state index is 5.06. The minimum absolute atomic E-state index is 0.762. The molecular weight excluding hydrogens is 416 g/mol. The zero-order valence-electron chi connectivity index (χ0n) is 18.2. The largest absolute Gasteiger partial charge is 0.252 e. The van der Waals surface area contributed by atoms with Crippen molar-refractivity contribution in [2.75, 3.05) is 0 Å². The second-order valence-electron chi connectivity index (χ2n) is 8.36. The first-order valence-electron chi connectivity index (χ1n) is 11.2. The molecular formula is C30H18N4. The summed E-state index contributed by atoms with van der Waals surface area (Å²) in [6.45, 7) is 0. The molecule has 0 amide bonds. The smallest absolute Gasteiger partial charge is 0.117 e. The van der Waals surface area contributed by atoms with Crippen LogP contribution in [0.4, 0.5) is 0 Å². The first-order chi connectivity index (χ1) is 16.8. The Morgan fingerprint density at radius 1 is 0.412 bits per heavy atom. The highest BCUT2D eigenvalue weighted by Crippen LogP contribution is 2.31. The van der Waals surface area contributed by atoms with Gasteiger partial charge in [-0.25, -0.2) is 9.97 Å². The van der Waals surface area contributed by atoms with Gasteiger partial charge < -0.3 is 0 Å². The number of nitrogens with zero attached hydrogens (tertiary/aromatic N) is 4. The van der Waals surface area contributed by atoms with Crippen molar-refractivity contribution in [1.82, 2.24) is 19.9 Å². The van der Waals surface area contributed by atoms with E-state index >= 15 is 0 Å². The second kappa shape index (κ2) is 7.42. The lowest BCUT2D eigenvalue weighted by atomic mass is 10.0. The predicted molar refractivity (Wildman–Crippen MR) is 139 cm³/mol. The second-order valence-corrected chi connectivity index (χ2v) is 8.36. The maximum Gasteiger partial charge on any atom is 0.117 e. The number of hydrogen-bond acceptors (Lipinski definition) is 4. The summed E-state index contributed by atoms with van der Waals surface area (Å²) in [6.07, 6.45) is 3.69. The van der Waals surface area contributed by atoms with Crippen molar-refractivity contribution >= 4 is 43.6 Å². The van der Waals surface area contributed by atoms with Gasteiger partial charge in [-0.3, -0.25) is 9.97 Å². The highest BCUT2D eigenvalue weighted by Gasteiger charge is 2.13. The monoisotopic (exact) mass is 434 g/mol. The predicted octanol–water partition coefficient (Wildman–Crippen LogP) is 7.21. The summed E-state index contributed by atoms with van der Waals surface area (Å²) in [4.78, 5) is 19.6. The quantitative estimate of drug-likeness (QED) is 0.270. The van der Waals surface area contributed by atoms with E-state index in [0.29, 0.717) is 0 Å². The van der Waals surface area contributed by atoms with E-state index in [1.807, 2.05) is 24.5 Å². The Morgan fingerprint density at radius 2 is 0.853 bits per heavy atom. The van der Waals surface area contributed by atoms with Gasteiger partial charge in [0.1, 0.15) is 11.0 Å². The summed E-state index contributed by atoms with van der Waals surface area (Å²) in [6, 6.07) is 33.2. The van der Waals surface area contributed by atoms with Crippen LogP contribution in [0.25, 0.3) is 66.1 Å². The minimum atomic E-state index is 0.762. The summed E-state index contributed by atoms with van der Waals surface area (Å²) in [5.74, 6) is 0.